The number of rotatable bonds is 6. The number of amides is 2. The van der Waals surface area contributed by atoms with E-state index in [0.29, 0.717) is 6.42 Å². The van der Waals surface area contributed by atoms with Crippen LogP contribution in [0.5, 0.6) is 0 Å². The Labute approximate surface area is 106 Å². The zero-order valence-electron chi connectivity index (χ0n) is 10.3. The molecule has 0 fully saturated rings. The zero-order valence-corrected chi connectivity index (χ0v) is 10.3. The van der Waals surface area contributed by atoms with Gasteiger partial charge < -0.3 is 10.6 Å². The minimum absolute atomic E-state index is 0.116. The van der Waals surface area contributed by atoms with E-state index in [1.54, 1.807) is 6.07 Å². The van der Waals surface area contributed by atoms with Gasteiger partial charge in [-0.2, -0.15) is 0 Å². The van der Waals surface area contributed by atoms with Gasteiger partial charge in [0.2, 0.25) is 11.8 Å². The number of anilines is 1. The Morgan fingerprint density at radius 1 is 1.22 bits per heavy atom. The van der Waals surface area contributed by atoms with Crippen LogP contribution in [-0.4, -0.2) is 18.4 Å². The highest BCUT2D eigenvalue weighted by atomic mass is 19.1. The Bertz CT molecular complexity index is 421. The van der Waals surface area contributed by atoms with Gasteiger partial charge in [0.15, 0.2) is 0 Å². The van der Waals surface area contributed by atoms with Crippen molar-refractivity contribution in [2.24, 2.45) is 0 Å². The Hall–Kier alpha value is -1.91. The number of halogens is 1. The average molecular weight is 252 g/mol. The van der Waals surface area contributed by atoms with Gasteiger partial charge in [-0.05, 0) is 18.6 Å². The van der Waals surface area contributed by atoms with Crippen LogP contribution in [0.1, 0.15) is 26.2 Å². The second-order valence-corrected chi connectivity index (χ2v) is 3.91. The molecule has 0 spiro atoms. The summed E-state index contributed by atoms with van der Waals surface area (Å²) in [5.74, 6) is -1.10. The standard InChI is InChI=1S/C13H17FN2O2/c1-2-3-8-12(17)15-9-13(18)16-11-7-5-4-6-10(11)14/h4-7H,2-3,8-9H2,1H3,(H,15,17)(H,16,18). The third-order valence-electron chi connectivity index (χ3n) is 2.35. The monoisotopic (exact) mass is 252 g/mol. The maximum atomic E-state index is 13.2. The van der Waals surface area contributed by atoms with E-state index in [4.69, 9.17) is 0 Å². The molecule has 0 heterocycles. The van der Waals surface area contributed by atoms with Crippen molar-refractivity contribution in [3.63, 3.8) is 0 Å². The number of hydrogen-bond donors (Lipinski definition) is 2. The number of nitrogens with one attached hydrogen (secondary N) is 2. The lowest BCUT2D eigenvalue weighted by Gasteiger charge is -2.07. The Kier molecular flexibility index (Phi) is 5.84. The lowest BCUT2D eigenvalue weighted by atomic mass is 10.2. The van der Waals surface area contributed by atoms with Crippen LogP contribution in [0.2, 0.25) is 0 Å². The molecule has 2 N–H and O–H groups in total. The third kappa shape index (κ3) is 4.95. The second-order valence-electron chi connectivity index (χ2n) is 3.91. The SMILES string of the molecule is CCCCC(=O)NCC(=O)Nc1ccccc1F. The number of carbonyl (C=O) groups excluding carboxylic acids is 2. The van der Waals surface area contributed by atoms with E-state index in [-0.39, 0.29) is 18.1 Å². The second kappa shape index (κ2) is 7.42. The van der Waals surface area contributed by atoms with E-state index < -0.39 is 11.7 Å². The fourth-order valence-electron chi connectivity index (χ4n) is 1.36. The van der Waals surface area contributed by atoms with Crippen molar-refractivity contribution in [3.8, 4) is 0 Å². The fourth-order valence-corrected chi connectivity index (χ4v) is 1.36. The van der Waals surface area contributed by atoms with Crippen LogP contribution < -0.4 is 10.6 Å². The van der Waals surface area contributed by atoms with Crippen LogP contribution in [0, 0.1) is 5.82 Å². The predicted molar refractivity (Wildman–Crippen MR) is 67.6 cm³/mol. The molecule has 5 heteroatoms. The van der Waals surface area contributed by atoms with Gasteiger partial charge in [-0.1, -0.05) is 25.5 Å². The molecule has 0 radical (unpaired) electrons. The molecular weight excluding hydrogens is 235 g/mol. The van der Waals surface area contributed by atoms with Crippen molar-refractivity contribution in [2.75, 3.05) is 11.9 Å². The van der Waals surface area contributed by atoms with Crippen molar-refractivity contribution in [1.29, 1.82) is 0 Å². The summed E-state index contributed by atoms with van der Waals surface area (Å²) in [6.07, 6.45) is 2.12. The van der Waals surface area contributed by atoms with E-state index >= 15 is 0 Å². The van der Waals surface area contributed by atoms with Crippen LogP contribution in [0.4, 0.5) is 10.1 Å². The highest BCUT2D eigenvalue weighted by molar-refractivity contribution is 5.94. The van der Waals surface area contributed by atoms with Gasteiger partial charge in [-0.25, -0.2) is 4.39 Å². The molecule has 0 atom stereocenters. The first-order valence-electron chi connectivity index (χ1n) is 5.94. The summed E-state index contributed by atoms with van der Waals surface area (Å²) in [7, 11) is 0. The van der Waals surface area contributed by atoms with Crippen molar-refractivity contribution in [3.05, 3.63) is 30.1 Å². The van der Waals surface area contributed by atoms with E-state index in [2.05, 4.69) is 10.6 Å². The first kappa shape index (κ1) is 14.2. The van der Waals surface area contributed by atoms with Crippen molar-refractivity contribution in [1.82, 2.24) is 5.32 Å². The molecule has 1 aromatic carbocycles. The van der Waals surface area contributed by atoms with E-state index in [9.17, 15) is 14.0 Å². The quantitative estimate of drug-likeness (QED) is 0.814. The molecule has 0 saturated carbocycles. The van der Waals surface area contributed by atoms with Gasteiger partial charge in [-0.3, -0.25) is 9.59 Å². The van der Waals surface area contributed by atoms with Gasteiger partial charge in [0, 0.05) is 6.42 Å². The summed E-state index contributed by atoms with van der Waals surface area (Å²) in [6.45, 7) is 1.84. The van der Waals surface area contributed by atoms with Crippen LogP contribution in [-0.2, 0) is 9.59 Å². The topological polar surface area (TPSA) is 58.2 Å². The molecule has 1 aromatic rings. The molecule has 0 saturated heterocycles. The van der Waals surface area contributed by atoms with Crippen LogP contribution in [0.15, 0.2) is 24.3 Å². The first-order valence-corrected chi connectivity index (χ1v) is 5.94. The van der Waals surface area contributed by atoms with Gasteiger partial charge >= 0.3 is 0 Å². The smallest absolute Gasteiger partial charge is 0.243 e. The molecule has 0 bridgehead atoms. The number of benzene rings is 1. The minimum atomic E-state index is -0.497. The summed E-state index contributed by atoms with van der Waals surface area (Å²) < 4.78 is 13.2. The number of para-hydroxylation sites is 1. The summed E-state index contributed by atoms with van der Waals surface area (Å²) in [5, 5.41) is 4.88. The molecule has 2 amide bonds. The van der Waals surface area contributed by atoms with E-state index in [0.717, 1.165) is 12.8 Å². The Morgan fingerprint density at radius 2 is 1.94 bits per heavy atom. The normalized spacial score (nSPS) is 9.89. The van der Waals surface area contributed by atoms with Crippen LogP contribution in [0.25, 0.3) is 0 Å². The predicted octanol–water partition coefficient (Wildman–Crippen LogP) is 2.07. The molecule has 0 unspecified atom stereocenters. The summed E-state index contributed by atoms with van der Waals surface area (Å²) in [5.41, 5.74) is 0.116. The van der Waals surface area contributed by atoms with Crippen molar-refractivity contribution in [2.45, 2.75) is 26.2 Å². The third-order valence-corrected chi connectivity index (χ3v) is 2.35. The summed E-state index contributed by atoms with van der Waals surface area (Å²) in [4.78, 5) is 22.7. The van der Waals surface area contributed by atoms with Gasteiger partial charge in [0.25, 0.3) is 0 Å². The van der Waals surface area contributed by atoms with Crippen LogP contribution >= 0.6 is 0 Å². The lowest BCUT2D eigenvalue weighted by Crippen LogP contribution is -2.32. The van der Waals surface area contributed by atoms with E-state index in [1.165, 1.54) is 18.2 Å². The van der Waals surface area contributed by atoms with E-state index in [1.807, 2.05) is 6.92 Å². The van der Waals surface area contributed by atoms with Gasteiger partial charge in [0.1, 0.15) is 5.82 Å². The molecule has 4 nitrogen and oxygen atoms in total. The lowest BCUT2D eigenvalue weighted by molar-refractivity contribution is -0.124. The highest BCUT2D eigenvalue weighted by Crippen LogP contribution is 2.11. The Balaban J connectivity index is 2.34. The fraction of sp³-hybridized carbons (Fsp3) is 0.385. The molecule has 18 heavy (non-hydrogen) atoms. The number of hydrogen-bond acceptors (Lipinski definition) is 2. The largest absolute Gasteiger partial charge is 0.347 e. The van der Waals surface area contributed by atoms with Gasteiger partial charge in [0.05, 0.1) is 12.2 Å². The zero-order chi connectivity index (χ0) is 13.4. The average Bonchev–Trinajstić information content (AvgIpc) is 2.36. The van der Waals surface area contributed by atoms with Crippen LogP contribution in [0.3, 0.4) is 0 Å². The highest BCUT2D eigenvalue weighted by Gasteiger charge is 2.07. The molecule has 0 aromatic heterocycles. The molecule has 1 rings (SSSR count). The van der Waals surface area contributed by atoms with Crippen molar-refractivity contribution < 1.29 is 14.0 Å². The number of carbonyl (C=O) groups is 2. The maximum Gasteiger partial charge on any atom is 0.243 e. The number of unbranched alkanes of at least 4 members (excludes halogenated alkanes) is 1. The maximum absolute atomic E-state index is 13.2. The Morgan fingerprint density at radius 3 is 2.61 bits per heavy atom. The van der Waals surface area contributed by atoms with Crippen molar-refractivity contribution >= 4 is 17.5 Å². The summed E-state index contributed by atoms with van der Waals surface area (Å²) in [6, 6.07) is 5.89. The molecule has 0 aliphatic rings. The minimum Gasteiger partial charge on any atom is -0.347 e. The molecule has 0 aliphatic heterocycles. The first-order chi connectivity index (χ1) is 8.63. The molecule has 0 aliphatic carbocycles. The molecular formula is C13H17FN2O2. The van der Waals surface area contributed by atoms with Gasteiger partial charge in [-0.15, -0.1) is 0 Å². The molecule has 98 valence electrons. The summed E-state index contributed by atoms with van der Waals surface area (Å²) >= 11 is 0.